The number of urea groups is 1. The van der Waals surface area contributed by atoms with Crippen LogP contribution in [0.25, 0.3) is 0 Å². The van der Waals surface area contributed by atoms with E-state index in [-0.39, 0.29) is 6.61 Å². The Morgan fingerprint density at radius 1 is 1.30 bits per heavy atom. The minimum absolute atomic E-state index is 0.233. The Balaban J connectivity index is 0.000000621. The quantitative estimate of drug-likeness (QED) is 0.383. The molecule has 0 saturated heterocycles. The number of rotatable bonds is 7. The lowest BCUT2D eigenvalue weighted by molar-refractivity contribution is 0.192. The molecular formula is C13H24N4O3. The molecular weight excluding hydrogens is 260 g/mol. The third kappa shape index (κ3) is 11.3. The molecule has 1 aromatic rings. The van der Waals surface area contributed by atoms with E-state index in [9.17, 15) is 9.90 Å². The van der Waals surface area contributed by atoms with Crippen molar-refractivity contribution in [1.82, 2.24) is 10.6 Å². The molecule has 0 aliphatic heterocycles. The highest BCUT2D eigenvalue weighted by Crippen LogP contribution is 2.06. The average molecular weight is 284 g/mol. The minimum atomic E-state index is -0.695. The van der Waals surface area contributed by atoms with Gasteiger partial charge >= 0.3 is 6.03 Å². The van der Waals surface area contributed by atoms with Crippen LogP contribution in [0.5, 0.6) is 0 Å². The summed E-state index contributed by atoms with van der Waals surface area (Å²) in [5.74, 6) is 0. The first-order valence-corrected chi connectivity index (χ1v) is 6.38. The van der Waals surface area contributed by atoms with Crippen molar-refractivity contribution >= 4 is 11.7 Å². The van der Waals surface area contributed by atoms with E-state index in [1.807, 2.05) is 30.3 Å². The molecule has 20 heavy (non-hydrogen) atoms. The van der Waals surface area contributed by atoms with E-state index >= 15 is 0 Å². The Morgan fingerprint density at radius 2 is 1.95 bits per heavy atom. The lowest BCUT2D eigenvalue weighted by atomic mass is 10.3. The van der Waals surface area contributed by atoms with Gasteiger partial charge in [0.2, 0.25) is 0 Å². The first kappa shape index (κ1) is 18.2. The van der Waals surface area contributed by atoms with Gasteiger partial charge in [0.25, 0.3) is 0 Å². The Morgan fingerprint density at radius 3 is 2.40 bits per heavy atom. The monoisotopic (exact) mass is 284 g/mol. The number of primary amides is 1. The van der Waals surface area contributed by atoms with Crippen LogP contribution in [0.2, 0.25) is 0 Å². The topological polar surface area (TPSA) is 120 Å². The zero-order valence-corrected chi connectivity index (χ0v) is 11.7. The fraction of sp³-hybridized carbons (Fsp3) is 0.462. The lowest BCUT2D eigenvalue weighted by Gasteiger charge is -2.13. The van der Waals surface area contributed by atoms with Crippen molar-refractivity contribution in [1.29, 1.82) is 0 Å². The number of hydrogen-bond acceptors (Lipinski definition) is 5. The number of carbonyl (C=O) groups is 1. The number of anilines is 1. The molecule has 0 aromatic heterocycles. The Kier molecular flexibility index (Phi) is 11.1. The molecule has 7 heteroatoms. The van der Waals surface area contributed by atoms with E-state index in [1.54, 1.807) is 7.05 Å². The summed E-state index contributed by atoms with van der Waals surface area (Å²) in [6.07, 6.45) is -0.295. The van der Waals surface area contributed by atoms with Crippen molar-refractivity contribution in [3.05, 3.63) is 30.3 Å². The van der Waals surface area contributed by atoms with E-state index in [0.29, 0.717) is 19.5 Å². The van der Waals surface area contributed by atoms with Gasteiger partial charge in [-0.3, -0.25) is 0 Å². The standard InChI is InChI=1S/C10H15N3O2.C3H9NO/c11-10(15)12-7-6-9(14)13-8-4-2-1-3-5-8;1-4-2-3-5/h1-5,9,13-14H,6-7H2,(H3,11,12,15);4-5H,2-3H2,1H3. The molecule has 0 spiro atoms. The van der Waals surface area contributed by atoms with Gasteiger partial charge in [-0.1, -0.05) is 18.2 Å². The van der Waals surface area contributed by atoms with E-state index < -0.39 is 12.3 Å². The second kappa shape index (κ2) is 12.2. The number of nitrogens with two attached hydrogens (primary N) is 1. The number of nitrogens with one attached hydrogen (secondary N) is 3. The average Bonchev–Trinajstić information content (AvgIpc) is 2.41. The SMILES string of the molecule is CNCCO.NC(=O)NCCC(O)Nc1ccccc1. The molecule has 0 saturated carbocycles. The largest absolute Gasteiger partial charge is 0.395 e. The molecule has 114 valence electrons. The maximum atomic E-state index is 10.3. The van der Waals surface area contributed by atoms with Crippen LogP contribution in [0, 0.1) is 0 Å². The number of amides is 2. The van der Waals surface area contributed by atoms with Gasteiger partial charge in [0.15, 0.2) is 0 Å². The summed E-state index contributed by atoms with van der Waals surface area (Å²) in [7, 11) is 1.80. The van der Waals surface area contributed by atoms with E-state index in [0.717, 1.165) is 5.69 Å². The van der Waals surface area contributed by atoms with Crippen LogP contribution in [0.3, 0.4) is 0 Å². The number of aliphatic hydroxyl groups is 2. The second-order valence-corrected chi connectivity index (χ2v) is 3.93. The molecule has 0 fully saturated rings. The van der Waals surface area contributed by atoms with Gasteiger partial charge in [-0.15, -0.1) is 0 Å². The molecule has 7 N–H and O–H groups in total. The van der Waals surface area contributed by atoms with Gasteiger partial charge in [-0.25, -0.2) is 4.79 Å². The predicted octanol–water partition coefficient (Wildman–Crippen LogP) is -0.327. The highest BCUT2D eigenvalue weighted by molar-refractivity contribution is 5.71. The van der Waals surface area contributed by atoms with Crippen molar-refractivity contribution in [2.45, 2.75) is 12.6 Å². The molecule has 0 bridgehead atoms. The molecule has 0 radical (unpaired) electrons. The van der Waals surface area contributed by atoms with Crippen LogP contribution < -0.4 is 21.7 Å². The Labute approximate surface area is 119 Å². The van der Waals surface area contributed by atoms with Crippen LogP contribution >= 0.6 is 0 Å². The summed E-state index contributed by atoms with van der Waals surface area (Å²) in [6.45, 7) is 1.27. The van der Waals surface area contributed by atoms with Gasteiger partial charge in [0, 0.05) is 25.2 Å². The molecule has 1 aromatic carbocycles. The highest BCUT2D eigenvalue weighted by Gasteiger charge is 2.03. The first-order chi connectivity index (χ1) is 9.60. The van der Waals surface area contributed by atoms with Crippen molar-refractivity contribution in [2.75, 3.05) is 32.1 Å². The summed E-state index contributed by atoms with van der Waals surface area (Å²) in [6, 6.07) is 8.76. The molecule has 7 nitrogen and oxygen atoms in total. The van der Waals surface area contributed by atoms with Crippen molar-refractivity contribution < 1.29 is 15.0 Å². The van der Waals surface area contributed by atoms with Crippen molar-refractivity contribution in [2.24, 2.45) is 5.73 Å². The fourth-order valence-electron chi connectivity index (χ4n) is 1.24. The van der Waals surface area contributed by atoms with Gasteiger partial charge in [0.1, 0.15) is 6.23 Å². The maximum absolute atomic E-state index is 10.3. The normalized spacial score (nSPS) is 10.9. The predicted molar refractivity (Wildman–Crippen MR) is 79.3 cm³/mol. The van der Waals surface area contributed by atoms with Crippen LogP contribution in [0.4, 0.5) is 10.5 Å². The van der Waals surface area contributed by atoms with Crippen LogP contribution in [-0.4, -0.2) is 49.2 Å². The zero-order valence-electron chi connectivity index (χ0n) is 11.7. The van der Waals surface area contributed by atoms with E-state index in [1.165, 1.54) is 0 Å². The minimum Gasteiger partial charge on any atom is -0.395 e. The molecule has 2 amide bonds. The molecule has 0 aliphatic carbocycles. The maximum Gasteiger partial charge on any atom is 0.312 e. The number of hydrogen-bond donors (Lipinski definition) is 6. The van der Waals surface area contributed by atoms with Crippen LogP contribution in [-0.2, 0) is 0 Å². The Bertz CT molecular complexity index is 347. The molecule has 1 unspecified atom stereocenters. The Hall–Kier alpha value is -1.83. The number of carbonyl (C=O) groups excluding carboxylic acids is 1. The van der Waals surface area contributed by atoms with Gasteiger partial charge in [0.05, 0.1) is 6.61 Å². The zero-order chi connectivity index (χ0) is 15.2. The van der Waals surface area contributed by atoms with Gasteiger partial charge in [-0.2, -0.15) is 0 Å². The van der Waals surface area contributed by atoms with Crippen LogP contribution in [0.1, 0.15) is 6.42 Å². The van der Waals surface area contributed by atoms with Crippen LogP contribution in [0.15, 0.2) is 30.3 Å². The van der Waals surface area contributed by atoms with Gasteiger partial charge in [-0.05, 0) is 19.2 Å². The molecule has 0 aliphatic rings. The van der Waals surface area contributed by atoms with E-state index in [2.05, 4.69) is 16.0 Å². The number of aliphatic hydroxyl groups excluding tert-OH is 2. The summed E-state index contributed by atoms with van der Waals surface area (Å²) in [4.78, 5) is 10.3. The summed E-state index contributed by atoms with van der Waals surface area (Å²) >= 11 is 0. The van der Waals surface area contributed by atoms with Gasteiger partial charge < -0.3 is 31.9 Å². The lowest BCUT2D eigenvalue weighted by Crippen LogP contribution is -2.33. The smallest absolute Gasteiger partial charge is 0.312 e. The van der Waals surface area contributed by atoms with E-state index in [4.69, 9.17) is 10.8 Å². The summed E-state index contributed by atoms with van der Waals surface area (Å²) < 4.78 is 0. The highest BCUT2D eigenvalue weighted by atomic mass is 16.3. The number of likely N-dealkylation sites (N-methyl/N-ethyl adjacent to an activating group) is 1. The second-order valence-electron chi connectivity index (χ2n) is 3.93. The van der Waals surface area contributed by atoms with Crippen molar-refractivity contribution in [3.8, 4) is 0 Å². The summed E-state index contributed by atoms with van der Waals surface area (Å²) in [5, 5.41) is 25.6. The number of para-hydroxylation sites is 1. The van der Waals surface area contributed by atoms with Crippen molar-refractivity contribution in [3.63, 3.8) is 0 Å². The first-order valence-electron chi connectivity index (χ1n) is 6.38. The fourth-order valence-corrected chi connectivity index (χ4v) is 1.24. The third-order valence-electron chi connectivity index (χ3n) is 2.19. The molecule has 1 rings (SSSR count). The number of benzene rings is 1. The third-order valence-corrected chi connectivity index (χ3v) is 2.19. The summed E-state index contributed by atoms with van der Waals surface area (Å²) in [5.41, 5.74) is 5.72. The molecule has 0 heterocycles. The molecule has 1 atom stereocenters.